The van der Waals surface area contributed by atoms with Crippen LogP contribution in [0.25, 0.3) is 10.9 Å². The zero-order valence-corrected chi connectivity index (χ0v) is 11.5. The molecule has 0 saturated carbocycles. The number of aromatic nitrogens is 2. The molecule has 0 aliphatic rings. The second-order valence-corrected chi connectivity index (χ2v) is 4.76. The van der Waals surface area contributed by atoms with Gasteiger partial charge in [-0.15, -0.1) is 0 Å². The zero-order valence-electron chi connectivity index (χ0n) is 11.5. The van der Waals surface area contributed by atoms with Crippen molar-refractivity contribution < 1.29 is 14.7 Å². The number of H-pyrrole nitrogens is 1. The maximum Gasteiger partial charge on any atom is 0.308 e. The van der Waals surface area contributed by atoms with Crippen molar-refractivity contribution in [2.24, 2.45) is 5.92 Å². The van der Waals surface area contributed by atoms with Gasteiger partial charge in [0.25, 0.3) is 5.91 Å². The third kappa shape index (κ3) is 2.79. The van der Waals surface area contributed by atoms with Gasteiger partial charge >= 0.3 is 5.97 Å². The Balaban J connectivity index is 2.20. The molecule has 1 aromatic heterocycles. The largest absolute Gasteiger partial charge is 0.481 e. The molecule has 1 aromatic carbocycles. The van der Waals surface area contributed by atoms with E-state index in [-0.39, 0.29) is 12.5 Å². The van der Waals surface area contributed by atoms with Crippen molar-refractivity contribution >= 4 is 22.8 Å². The van der Waals surface area contributed by atoms with Gasteiger partial charge in [0.15, 0.2) is 0 Å². The highest BCUT2D eigenvalue weighted by molar-refractivity contribution is 5.97. The number of fused-ring (bicyclic) bond motifs is 1. The highest BCUT2D eigenvalue weighted by Crippen LogP contribution is 2.15. The van der Waals surface area contributed by atoms with Gasteiger partial charge in [-0.1, -0.05) is 13.0 Å². The minimum absolute atomic E-state index is 0.169. The lowest BCUT2D eigenvalue weighted by molar-refractivity contribution is -0.141. The van der Waals surface area contributed by atoms with Crippen molar-refractivity contribution in [3.05, 3.63) is 30.0 Å². The molecule has 2 N–H and O–H groups in total. The molecule has 1 amide bonds. The highest BCUT2D eigenvalue weighted by atomic mass is 16.4. The predicted molar refractivity (Wildman–Crippen MR) is 74.5 cm³/mol. The number of benzene rings is 1. The summed E-state index contributed by atoms with van der Waals surface area (Å²) in [6, 6.07) is 5.29. The molecule has 1 heterocycles. The van der Waals surface area contributed by atoms with E-state index in [9.17, 15) is 9.59 Å². The number of aliphatic carboxylic acids is 1. The average Bonchev–Trinajstić information content (AvgIpc) is 2.90. The van der Waals surface area contributed by atoms with Gasteiger partial charge in [-0.05, 0) is 19.1 Å². The second-order valence-electron chi connectivity index (χ2n) is 4.76. The van der Waals surface area contributed by atoms with Crippen LogP contribution in [0.5, 0.6) is 0 Å². The average molecular weight is 275 g/mol. The van der Waals surface area contributed by atoms with Crippen LogP contribution < -0.4 is 0 Å². The smallest absolute Gasteiger partial charge is 0.308 e. The number of rotatable bonds is 5. The topological polar surface area (TPSA) is 86.3 Å². The Bertz CT molecular complexity index is 635. The fourth-order valence-electron chi connectivity index (χ4n) is 2.02. The van der Waals surface area contributed by atoms with E-state index in [1.165, 1.54) is 4.90 Å². The molecule has 6 heteroatoms. The van der Waals surface area contributed by atoms with Gasteiger partial charge in [-0.3, -0.25) is 14.7 Å². The summed E-state index contributed by atoms with van der Waals surface area (Å²) < 4.78 is 0. The lowest BCUT2D eigenvalue weighted by atomic mass is 10.1. The molecule has 0 saturated heterocycles. The molecule has 0 fully saturated rings. The molecule has 2 rings (SSSR count). The molecule has 0 aliphatic carbocycles. The number of carboxylic acid groups (broad SMARTS) is 1. The summed E-state index contributed by atoms with van der Waals surface area (Å²) >= 11 is 0. The molecule has 0 spiro atoms. The van der Waals surface area contributed by atoms with Crippen molar-refractivity contribution in [2.45, 2.75) is 13.8 Å². The van der Waals surface area contributed by atoms with Gasteiger partial charge in [0.2, 0.25) is 0 Å². The number of carbonyl (C=O) groups is 2. The van der Waals surface area contributed by atoms with Crippen molar-refractivity contribution in [1.82, 2.24) is 15.1 Å². The normalized spacial score (nSPS) is 12.3. The zero-order chi connectivity index (χ0) is 14.7. The summed E-state index contributed by atoms with van der Waals surface area (Å²) in [6.07, 6.45) is 1.69. The quantitative estimate of drug-likeness (QED) is 0.870. The van der Waals surface area contributed by atoms with E-state index in [4.69, 9.17) is 5.11 Å². The molecule has 106 valence electrons. The van der Waals surface area contributed by atoms with E-state index in [0.29, 0.717) is 12.1 Å². The molecule has 1 atom stereocenters. The van der Waals surface area contributed by atoms with E-state index in [0.717, 1.165) is 10.9 Å². The molecular weight excluding hydrogens is 258 g/mol. The Labute approximate surface area is 116 Å². The summed E-state index contributed by atoms with van der Waals surface area (Å²) in [5.74, 6) is -1.66. The molecule has 6 nitrogen and oxygen atoms in total. The van der Waals surface area contributed by atoms with Crippen LogP contribution in [0.2, 0.25) is 0 Å². The summed E-state index contributed by atoms with van der Waals surface area (Å²) in [5, 5.41) is 16.6. The van der Waals surface area contributed by atoms with Crippen LogP contribution in [0, 0.1) is 5.92 Å². The van der Waals surface area contributed by atoms with Gasteiger partial charge in [0.1, 0.15) is 0 Å². The maximum atomic E-state index is 12.4. The van der Waals surface area contributed by atoms with Crippen LogP contribution >= 0.6 is 0 Å². The minimum atomic E-state index is -0.903. The van der Waals surface area contributed by atoms with Gasteiger partial charge in [0, 0.05) is 24.0 Å². The number of nitrogens with zero attached hydrogens (tertiary/aromatic N) is 2. The molecule has 0 bridgehead atoms. The molecule has 2 aromatic rings. The first-order chi connectivity index (χ1) is 9.52. The first-order valence-corrected chi connectivity index (χ1v) is 6.48. The minimum Gasteiger partial charge on any atom is -0.481 e. The van der Waals surface area contributed by atoms with Gasteiger partial charge in [-0.25, -0.2) is 0 Å². The lowest BCUT2D eigenvalue weighted by Crippen LogP contribution is -2.36. The molecule has 1 unspecified atom stereocenters. The van der Waals surface area contributed by atoms with E-state index >= 15 is 0 Å². The Morgan fingerprint density at radius 1 is 1.45 bits per heavy atom. The highest BCUT2D eigenvalue weighted by Gasteiger charge is 2.20. The van der Waals surface area contributed by atoms with E-state index in [1.807, 2.05) is 13.0 Å². The number of amides is 1. The summed E-state index contributed by atoms with van der Waals surface area (Å²) in [7, 11) is 0. The van der Waals surface area contributed by atoms with Gasteiger partial charge in [-0.2, -0.15) is 5.10 Å². The van der Waals surface area contributed by atoms with Gasteiger partial charge < -0.3 is 10.0 Å². The Hall–Kier alpha value is -2.37. The summed E-state index contributed by atoms with van der Waals surface area (Å²) in [6.45, 7) is 4.10. The molecule has 20 heavy (non-hydrogen) atoms. The number of aromatic amines is 1. The fourth-order valence-corrected chi connectivity index (χ4v) is 2.02. The number of carboxylic acids is 1. The van der Waals surface area contributed by atoms with E-state index in [2.05, 4.69) is 10.2 Å². The van der Waals surface area contributed by atoms with Crippen LogP contribution in [0.15, 0.2) is 24.4 Å². The van der Waals surface area contributed by atoms with Crippen LogP contribution in [0.3, 0.4) is 0 Å². The monoisotopic (exact) mass is 275 g/mol. The SMILES string of the molecule is CCN(CC(C)C(=O)O)C(=O)c1ccc2cn[nH]c2c1. The lowest BCUT2D eigenvalue weighted by Gasteiger charge is -2.23. The first-order valence-electron chi connectivity index (χ1n) is 6.48. The molecule has 0 radical (unpaired) electrons. The van der Waals surface area contributed by atoms with Crippen LogP contribution in [0.1, 0.15) is 24.2 Å². The third-order valence-electron chi connectivity index (χ3n) is 3.27. The van der Waals surface area contributed by atoms with Crippen LogP contribution in [-0.2, 0) is 4.79 Å². The van der Waals surface area contributed by atoms with Crippen molar-refractivity contribution in [2.75, 3.05) is 13.1 Å². The van der Waals surface area contributed by atoms with E-state index < -0.39 is 11.9 Å². The molecular formula is C14H17N3O3. The van der Waals surface area contributed by atoms with Crippen molar-refractivity contribution in [1.29, 1.82) is 0 Å². The van der Waals surface area contributed by atoms with Crippen molar-refractivity contribution in [3.63, 3.8) is 0 Å². The Morgan fingerprint density at radius 3 is 2.85 bits per heavy atom. The number of hydrogen-bond acceptors (Lipinski definition) is 3. The summed E-state index contributed by atoms with van der Waals surface area (Å²) in [4.78, 5) is 24.8. The predicted octanol–water partition coefficient (Wildman–Crippen LogP) is 1.75. The standard InChI is InChI=1S/C14H17N3O3/c1-3-17(8-9(2)14(19)20)13(18)10-4-5-11-7-15-16-12(11)6-10/h4-7,9H,3,8H2,1-2H3,(H,15,16)(H,19,20). The number of nitrogens with one attached hydrogen (secondary N) is 1. The Morgan fingerprint density at radius 2 is 2.20 bits per heavy atom. The third-order valence-corrected chi connectivity index (χ3v) is 3.27. The van der Waals surface area contributed by atoms with Crippen LogP contribution in [-0.4, -0.2) is 45.2 Å². The fraction of sp³-hybridized carbons (Fsp3) is 0.357. The van der Waals surface area contributed by atoms with Gasteiger partial charge in [0.05, 0.1) is 17.6 Å². The van der Waals surface area contributed by atoms with Crippen molar-refractivity contribution in [3.8, 4) is 0 Å². The first kappa shape index (κ1) is 14.0. The number of hydrogen-bond donors (Lipinski definition) is 2. The number of carbonyl (C=O) groups excluding carboxylic acids is 1. The Kier molecular flexibility index (Phi) is 4.02. The summed E-state index contributed by atoms with van der Waals surface area (Å²) in [5.41, 5.74) is 1.32. The van der Waals surface area contributed by atoms with E-state index in [1.54, 1.807) is 25.3 Å². The van der Waals surface area contributed by atoms with Crippen LogP contribution in [0.4, 0.5) is 0 Å². The second kappa shape index (κ2) is 5.73. The maximum absolute atomic E-state index is 12.4. The molecule has 0 aliphatic heterocycles.